The number of aromatic hydroxyl groups is 1. The molecule has 0 unspecified atom stereocenters. The number of benzene rings is 1. The fraction of sp³-hybridized carbons (Fsp3) is 0.300. The van der Waals surface area contributed by atoms with Crippen LogP contribution >= 0.6 is 22.9 Å². The number of thiazole rings is 1. The van der Waals surface area contributed by atoms with Crippen LogP contribution in [-0.4, -0.2) is 22.0 Å². The molecular formula is C20H21ClN2O2S. The van der Waals surface area contributed by atoms with E-state index >= 15 is 0 Å². The molecular weight excluding hydrogens is 368 g/mol. The third kappa shape index (κ3) is 3.84. The first-order valence-corrected chi connectivity index (χ1v) is 9.83. The molecule has 0 saturated carbocycles. The summed E-state index contributed by atoms with van der Waals surface area (Å²) in [6, 6.07) is 7.90. The second kappa shape index (κ2) is 8.06. The summed E-state index contributed by atoms with van der Waals surface area (Å²) in [5.74, 6) is 0.126. The number of halogens is 1. The van der Waals surface area contributed by atoms with Crippen molar-refractivity contribution in [3.8, 4) is 11.6 Å². The lowest BCUT2D eigenvalue weighted by Crippen LogP contribution is -2.14. The molecule has 1 aromatic heterocycles. The first-order chi connectivity index (χ1) is 12.5. The number of Topliss-reactive ketones (excluding diaryl/α,β-unsaturated/α-hetero) is 1. The van der Waals surface area contributed by atoms with Crippen molar-refractivity contribution >= 4 is 34.8 Å². The Bertz CT molecular complexity index is 966. The summed E-state index contributed by atoms with van der Waals surface area (Å²) in [5, 5.41) is 11.1. The van der Waals surface area contributed by atoms with E-state index in [2.05, 4.69) is 11.9 Å². The fourth-order valence-corrected chi connectivity index (χ4v) is 4.06. The van der Waals surface area contributed by atoms with Crippen LogP contribution in [0.1, 0.15) is 36.6 Å². The van der Waals surface area contributed by atoms with Crippen molar-refractivity contribution in [3.05, 3.63) is 56.2 Å². The number of para-hydroxylation sites is 1. The summed E-state index contributed by atoms with van der Waals surface area (Å²) in [4.78, 5) is 17.7. The summed E-state index contributed by atoms with van der Waals surface area (Å²) in [5.41, 5.74) is 2.90. The Kier molecular flexibility index (Phi) is 5.79. The first-order valence-electron chi connectivity index (χ1n) is 8.63. The van der Waals surface area contributed by atoms with Crippen LogP contribution in [0.25, 0.3) is 11.8 Å². The molecule has 0 spiro atoms. The lowest BCUT2D eigenvalue weighted by Gasteiger charge is -2.10. The standard InChI is InChI=1S/C20H21ClN2O2S/c1-3-10-22-20-23(16-7-5-4-6-13(16)2)19(25)18(26-20)12-14-8-9-17(24)15(21)11-14/h4-7,11-12,25H,3,8-10H2,1-2H3. The maximum atomic E-state index is 11.6. The van der Waals surface area contributed by atoms with Crippen LogP contribution in [0.3, 0.4) is 0 Å². The molecule has 0 radical (unpaired) electrons. The third-order valence-electron chi connectivity index (χ3n) is 4.19. The van der Waals surface area contributed by atoms with Crippen LogP contribution in [0.2, 0.25) is 0 Å². The second-order valence-corrected chi connectivity index (χ2v) is 7.63. The summed E-state index contributed by atoms with van der Waals surface area (Å²) in [6.07, 6.45) is 5.54. The van der Waals surface area contributed by atoms with Gasteiger partial charge in [0.25, 0.3) is 0 Å². The molecule has 0 atom stereocenters. The number of nitrogens with zero attached hydrogens (tertiary/aromatic N) is 2. The van der Waals surface area contributed by atoms with E-state index in [9.17, 15) is 9.90 Å². The van der Waals surface area contributed by atoms with Gasteiger partial charge in [0.1, 0.15) is 0 Å². The van der Waals surface area contributed by atoms with Gasteiger partial charge < -0.3 is 5.11 Å². The van der Waals surface area contributed by atoms with Crippen molar-refractivity contribution in [2.75, 3.05) is 6.54 Å². The Labute approximate surface area is 161 Å². The largest absolute Gasteiger partial charge is 0.493 e. The summed E-state index contributed by atoms with van der Waals surface area (Å²) in [6.45, 7) is 4.78. The van der Waals surface area contributed by atoms with Crippen LogP contribution in [0.4, 0.5) is 0 Å². The highest BCUT2D eigenvalue weighted by Crippen LogP contribution is 2.30. The van der Waals surface area contributed by atoms with Gasteiger partial charge in [0.05, 0.1) is 15.6 Å². The number of aryl methyl sites for hydroxylation is 1. The zero-order valence-corrected chi connectivity index (χ0v) is 16.4. The molecule has 0 amide bonds. The van der Waals surface area contributed by atoms with Crippen molar-refractivity contribution in [2.24, 2.45) is 4.99 Å². The maximum Gasteiger partial charge on any atom is 0.215 e. The number of rotatable bonds is 4. The summed E-state index contributed by atoms with van der Waals surface area (Å²) in [7, 11) is 0. The minimum Gasteiger partial charge on any atom is -0.493 e. The highest BCUT2D eigenvalue weighted by Gasteiger charge is 2.18. The van der Waals surface area contributed by atoms with Gasteiger partial charge in [-0.05, 0) is 49.1 Å². The molecule has 3 rings (SSSR count). The smallest absolute Gasteiger partial charge is 0.215 e. The molecule has 6 heteroatoms. The van der Waals surface area contributed by atoms with Gasteiger partial charge in [-0.15, -0.1) is 0 Å². The van der Waals surface area contributed by atoms with Gasteiger partial charge in [-0.2, -0.15) is 0 Å². The van der Waals surface area contributed by atoms with E-state index in [1.54, 1.807) is 10.6 Å². The van der Waals surface area contributed by atoms with E-state index in [1.165, 1.54) is 11.3 Å². The normalized spacial score (nSPS) is 17.0. The van der Waals surface area contributed by atoms with Gasteiger partial charge in [-0.1, -0.05) is 48.1 Å². The second-order valence-electron chi connectivity index (χ2n) is 6.21. The Morgan fingerprint density at radius 2 is 2.12 bits per heavy atom. The van der Waals surface area contributed by atoms with Crippen LogP contribution in [0.5, 0.6) is 5.88 Å². The molecule has 1 aliphatic carbocycles. The lowest BCUT2D eigenvalue weighted by molar-refractivity contribution is -0.115. The van der Waals surface area contributed by atoms with Gasteiger partial charge in [0.2, 0.25) is 5.88 Å². The predicted octanol–water partition coefficient (Wildman–Crippen LogP) is 4.73. The zero-order valence-electron chi connectivity index (χ0n) is 14.8. The van der Waals surface area contributed by atoms with E-state index in [1.807, 2.05) is 37.3 Å². The van der Waals surface area contributed by atoms with E-state index in [-0.39, 0.29) is 16.7 Å². The van der Waals surface area contributed by atoms with Gasteiger partial charge in [-0.25, -0.2) is 0 Å². The summed E-state index contributed by atoms with van der Waals surface area (Å²) < 4.78 is 1.79. The molecule has 1 aliphatic rings. The minimum atomic E-state index is -0.0344. The van der Waals surface area contributed by atoms with Crippen molar-refractivity contribution in [3.63, 3.8) is 0 Å². The predicted molar refractivity (Wildman–Crippen MR) is 107 cm³/mol. The number of carbonyl (C=O) groups excluding carboxylic acids is 1. The Morgan fingerprint density at radius 3 is 2.81 bits per heavy atom. The number of carbonyl (C=O) groups is 1. The average Bonchev–Trinajstić information content (AvgIpc) is 2.92. The van der Waals surface area contributed by atoms with Crippen molar-refractivity contribution < 1.29 is 9.90 Å². The van der Waals surface area contributed by atoms with Crippen LogP contribution in [0.15, 0.2) is 45.9 Å². The molecule has 1 N–H and O–H groups in total. The Morgan fingerprint density at radius 1 is 1.35 bits per heavy atom. The molecule has 136 valence electrons. The monoisotopic (exact) mass is 388 g/mol. The van der Waals surface area contributed by atoms with Crippen LogP contribution < -0.4 is 4.80 Å². The fourth-order valence-electron chi connectivity index (χ4n) is 2.80. The van der Waals surface area contributed by atoms with Crippen molar-refractivity contribution in [1.82, 2.24) is 4.57 Å². The van der Waals surface area contributed by atoms with E-state index in [4.69, 9.17) is 11.6 Å². The third-order valence-corrected chi connectivity index (χ3v) is 5.52. The van der Waals surface area contributed by atoms with Crippen molar-refractivity contribution in [2.45, 2.75) is 33.1 Å². The van der Waals surface area contributed by atoms with E-state index in [0.717, 1.165) is 28.0 Å². The molecule has 0 bridgehead atoms. The van der Waals surface area contributed by atoms with Gasteiger partial charge in [0, 0.05) is 13.0 Å². The number of aromatic nitrogens is 1. The molecule has 26 heavy (non-hydrogen) atoms. The van der Waals surface area contributed by atoms with Crippen LogP contribution in [0, 0.1) is 6.92 Å². The van der Waals surface area contributed by atoms with Gasteiger partial charge >= 0.3 is 0 Å². The quantitative estimate of drug-likeness (QED) is 0.822. The highest BCUT2D eigenvalue weighted by molar-refractivity contribution is 7.10. The number of allylic oxidation sites excluding steroid dienone is 3. The van der Waals surface area contributed by atoms with E-state index < -0.39 is 0 Å². The van der Waals surface area contributed by atoms with E-state index in [0.29, 0.717) is 24.3 Å². The summed E-state index contributed by atoms with van der Waals surface area (Å²) >= 11 is 7.42. The Balaban J connectivity index is 2.15. The lowest BCUT2D eigenvalue weighted by atomic mass is 10.0. The number of ketones is 1. The van der Waals surface area contributed by atoms with Gasteiger partial charge in [0.15, 0.2) is 10.6 Å². The number of hydrogen-bond acceptors (Lipinski definition) is 4. The molecule has 1 heterocycles. The topological polar surface area (TPSA) is 54.6 Å². The zero-order chi connectivity index (χ0) is 18.7. The molecule has 4 nitrogen and oxygen atoms in total. The van der Waals surface area contributed by atoms with Gasteiger partial charge in [-0.3, -0.25) is 14.4 Å². The first kappa shape index (κ1) is 18.7. The molecule has 0 saturated heterocycles. The van der Waals surface area contributed by atoms with Crippen LogP contribution in [-0.2, 0) is 4.79 Å². The SMILES string of the molecule is CCCN=c1sc(C=C2C=C(Cl)C(=O)CC2)c(O)n1-c1ccccc1C. The number of hydrogen-bond donors (Lipinski definition) is 1. The highest BCUT2D eigenvalue weighted by atomic mass is 35.5. The Hall–Kier alpha value is -2.11. The molecule has 0 fully saturated rings. The minimum absolute atomic E-state index is 0.0344. The molecule has 1 aromatic carbocycles. The average molecular weight is 389 g/mol. The maximum absolute atomic E-state index is 11.6. The van der Waals surface area contributed by atoms with Crippen molar-refractivity contribution in [1.29, 1.82) is 0 Å². The molecule has 2 aromatic rings. The molecule has 0 aliphatic heterocycles.